The van der Waals surface area contributed by atoms with Crippen LogP contribution >= 0.6 is 11.3 Å². The second kappa shape index (κ2) is 8.10. The largest absolute Gasteiger partial charge is 0.344 e. The Labute approximate surface area is 131 Å². The molecule has 0 saturated heterocycles. The summed E-state index contributed by atoms with van der Waals surface area (Å²) < 4.78 is 0. The third-order valence-electron chi connectivity index (χ3n) is 3.43. The molecule has 2 aromatic heterocycles. The molecular formula is C16H24N4S. The lowest BCUT2D eigenvalue weighted by Gasteiger charge is -2.20. The van der Waals surface area contributed by atoms with Crippen LogP contribution in [0.1, 0.15) is 44.5 Å². The molecule has 0 amide bonds. The predicted octanol–water partition coefficient (Wildman–Crippen LogP) is 3.63. The van der Waals surface area contributed by atoms with Gasteiger partial charge in [0.15, 0.2) is 5.13 Å². The summed E-state index contributed by atoms with van der Waals surface area (Å²) in [6.45, 7) is 9.38. The summed E-state index contributed by atoms with van der Waals surface area (Å²) in [6, 6.07) is 4.43. The number of nitrogens with one attached hydrogen (secondary N) is 1. The van der Waals surface area contributed by atoms with E-state index in [9.17, 15) is 0 Å². The van der Waals surface area contributed by atoms with Crippen molar-refractivity contribution < 1.29 is 0 Å². The summed E-state index contributed by atoms with van der Waals surface area (Å²) in [5.74, 6) is 0. The summed E-state index contributed by atoms with van der Waals surface area (Å²) in [6.07, 6.45) is 4.82. The lowest BCUT2D eigenvalue weighted by molar-refractivity contribution is 0.560. The summed E-state index contributed by atoms with van der Waals surface area (Å²) in [7, 11) is 0. The molecular weight excluding hydrogens is 280 g/mol. The molecule has 0 aliphatic carbocycles. The minimum Gasteiger partial charge on any atom is -0.344 e. The van der Waals surface area contributed by atoms with Crippen molar-refractivity contribution in [3.8, 4) is 0 Å². The number of hydrogen-bond donors (Lipinski definition) is 1. The first kappa shape index (κ1) is 15.9. The molecule has 0 aromatic carbocycles. The standard InChI is InChI=1S/C16H24N4S/c1-4-8-18-13(3)15-12-21-16(19-15)20(5-2)11-14-6-9-17-10-7-14/h6-7,9-10,12-13,18H,4-5,8,11H2,1-3H3. The maximum atomic E-state index is 4.80. The molecule has 1 N–H and O–H groups in total. The molecule has 0 spiro atoms. The van der Waals surface area contributed by atoms with Crippen molar-refractivity contribution in [2.45, 2.75) is 39.8 Å². The van der Waals surface area contributed by atoms with Gasteiger partial charge in [-0.05, 0) is 44.5 Å². The second-order valence-corrected chi connectivity index (χ2v) is 5.94. The van der Waals surface area contributed by atoms with Gasteiger partial charge in [0.2, 0.25) is 0 Å². The Hall–Kier alpha value is -1.46. The Morgan fingerprint density at radius 2 is 2.05 bits per heavy atom. The van der Waals surface area contributed by atoms with Crippen LogP contribution in [0.2, 0.25) is 0 Å². The SMILES string of the molecule is CCCNC(C)c1csc(N(CC)Cc2ccncc2)n1. The van der Waals surface area contributed by atoms with Crippen molar-refractivity contribution in [2.24, 2.45) is 0 Å². The van der Waals surface area contributed by atoms with Crippen molar-refractivity contribution in [1.82, 2.24) is 15.3 Å². The molecule has 0 bridgehead atoms. The molecule has 1 unspecified atom stereocenters. The van der Waals surface area contributed by atoms with E-state index in [4.69, 9.17) is 4.98 Å². The molecule has 2 rings (SSSR count). The van der Waals surface area contributed by atoms with E-state index in [2.05, 4.69) is 53.5 Å². The van der Waals surface area contributed by atoms with Crippen LogP contribution in [0.15, 0.2) is 29.9 Å². The molecule has 4 nitrogen and oxygen atoms in total. The fourth-order valence-corrected chi connectivity index (χ4v) is 3.09. The summed E-state index contributed by atoms with van der Waals surface area (Å²) in [4.78, 5) is 11.2. The molecule has 114 valence electrons. The van der Waals surface area contributed by atoms with E-state index in [1.165, 1.54) is 5.56 Å². The smallest absolute Gasteiger partial charge is 0.185 e. The number of pyridine rings is 1. The Bertz CT molecular complexity index is 526. The fourth-order valence-electron chi connectivity index (χ4n) is 2.11. The zero-order valence-electron chi connectivity index (χ0n) is 13.0. The van der Waals surface area contributed by atoms with Crippen molar-refractivity contribution in [3.05, 3.63) is 41.2 Å². The molecule has 0 aliphatic heterocycles. The molecule has 1 atom stereocenters. The molecule has 21 heavy (non-hydrogen) atoms. The van der Waals surface area contributed by atoms with Gasteiger partial charge in [-0.1, -0.05) is 6.92 Å². The molecule has 0 saturated carbocycles. The highest BCUT2D eigenvalue weighted by atomic mass is 32.1. The number of rotatable bonds is 8. The van der Waals surface area contributed by atoms with E-state index in [-0.39, 0.29) is 0 Å². The van der Waals surface area contributed by atoms with Crippen LogP contribution in [-0.2, 0) is 6.54 Å². The number of anilines is 1. The fraction of sp³-hybridized carbons (Fsp3) is 0.500. The van der Waals surface area contributed by atoms with Gasteiger partial charge in [0.1, 0.15) is 0 Å². The van der Waals surface area contributed by atoms with E-state index in [0.29, 0.717) is 6.04 Å². The predicted molar refractivity (Wildman–Crippen MR) is 89.8 cm³/mol. The number of thiazole rings is 1. The third-order valence-corrected chi connectivity index (χ3v) is 4.35. The Balaban J connectivity index is 2.04. The Morgan fingerprint density at radius 3 is 2.71 bits per heavy atom. The third kappa shape index (κ3) is 4.51. The summed E-state index contributed by atoms with van der Waals surface area (Å²) >= 11 is 1.72. The summed E-state index contributed by atoms with van der Waals surface area (Å²) in [5, 5.41) is 6.74. The highest BCUT2D eigenvalue weighted by Gasteiger charge is 2.13. The van der Waals surface area contributed by atoms with Crippen LogP contribution in [0, 0.1) is 0 Å². The van der Waals surface area contributed by atoms with E-state index in [0.717, 1.165) is 36.9 Å². The van der Waals surface area contributed by atoms with Gasteiger partial charge in [-0.25, -0.2) is 4.98 Å². The lowest BCUT2D eigenvalue weighted by Crippen LogP contribution is -2.23. The van der Waals surface area contributed by atoms with Crippen molar-refractivity contribution in [3.63, 3.8) is 0 Å². The van der Waals surface area contributed by atoms with Gasteiger partial charge in [0.05, 0.1) is 5.69 Å². The first-order chi connectivity index (χ1) is 10.2. The van der Waals surface area contributed by atoms with Gasteiger partial charge < -0.3 is 10.2 Å². The average molecular weight is 304 g/mol. The van der Waals surface area contributed by atoms with Gasteiger partial charge in [0.25, 0.3) is 0 Å². The highest BCUT2D eigenvalue weighted by Crippen LogP contribution is 2.25. The summed E-state index contributed by atoms with van der Waals surface area (Å²) in [5.41, 5.74) is 2.40. The maximum absolute atomic E-state index is 4.80. The van der Waals surface area contributed by atoms with Gasteiger partial charge in [-0.2, -0.15) is 0 Å². The molecule has 0 aliphatic rings. The minimum absolute atomic E-state index is 0.314. The first-order valence-electron chi connectivity index (χ1n) is 7.57. The van der Waals surface area contributed by atoms with Crippen LogP contribution in [0.25, 0.3) is 0 Å². The number of hydrogen-bond acceptors (Lipinski definition) is 5. The van der Waals surface area contributed by atoms with Gasteiger partial charge in [0, 0.05) is 36.9 Å². The molecule has 2 aromatic rings. The molecule has 5 heteroatoms. The molecule has 2 heterocycles. The molecule has 0 fully saturated rings. The van der Waals surface area contributed by atoms with Crippen molar-refractivity contribution in [1.29, 1.82) is 0 Å². The minimum atomic E-state index is 0.314. The van der Waals surface area contributed by atoms with E-state index < -0.39 is 0 Å². The van der Waals surface area contributed by atoms with Crippen LogP contribution in [0.4, 0.5) is 5.13 Å². The Kier molecular flexibility index (Phi) is 6.14. The second-order valence-electron chi connectivity index (χ2n) is 5.10. The van der Waals surface area contributed by atoms with Gasteiger partial charge in [-0.3, -0.25) is 4.98 Å². The van der Waals surface area contributed by atoms with Crippen LogP contribution in [-0.4, -0.2) is 23.1 Å². The molecule has 0 radical (unpaired) electrons. The van der Waals surface area contributed by atoms with Crippen LogP contribution in [0.5, 0.6) is 0 Å². The van der Waals surface area contributed by atoms with Gasteiger partial charge in [-0.15, -0.1) is 11.3 Å². The lowest BCUT2D eigenvalue weighted by atomic mass is 10.2. The average Bonchev–Trinajstić information content (AvgIpc) is 3.01. The van der Waals surface area contributed by atoms with E-state index >= 15 is 0 Å². The highest BCUT2D eigenvalue weighted by molar-refractivity contribution is 7.13. The zero-order chi connectivity index (χ0) is 15.1. The quantitative estimate of drug-likeness (QED) is 0.808. The Morgan fingerprint density at radius 1 is 1.29 bits per heavy atom. The van der Waals surface area contributed by atoms with Crippen molar-refractivity contribution >= 4 is 16.5 Å². The van der Waals surface area contributed by atoms with Crippen molar-refractivity contribution in [2.75, 3.05) is 18.0 Å². The number of nitrogens with zero attached hydrogens (tertiary/aromatic N) is 3. The monoisotopic (exact) mass is 304 g/mol. The normalized spacial score (nSPS) is 12.3. The zero-order valence-corrected chi connectivity index (χ0v) is 13.9. The van der Waals surface area contributed by atoms with Crippen LogP contribution < -0.4 is 10.2 Å². The maximum Gasteiger partial charge on any atom is 0.185 e. The topological polar surface area (TPSA) is 41.0 Å². The van der Waals surface area contributed by atoms with Gasteiger partial charge >= 0.3 is 0 Å². The number of aromatic nitrogens is 2. The first-order valence-corrected chi connectivity index (χ1v) is 8.45. The van der Waals surface area contributed by atoms with E-state index in [1.807, 2.05) is 12.4 Å². The van der Waals surface area contributed by atoms with Crippen LogP contribution in [0.3, 0.4) is 0 Å². The van der Waals surface area contributed by atoms with E-state index in [1.54, 1.807) is 11.3 Å².